The molecule has 2 rings (SSSR count). The number of halogens is 1. The molecule has 0 amide bonds. The minimum absolute atomic E-state index is 0.234. The van der Waals surface area contributed by atoms with Gasteiger partial charge in [0, 0.05) is 24.3 Å². The maximum absolute atomic E-state index is 13.6. The Morgan fingerprint density at radius 1 is 1.35 bits per heavy atom. The first-order valence-corrected chi connectivity index (χ1v) is 6.26. The molecule has 0 spiro atoms. The number of aliphatic hydroxyl groups is 1. The minimum atomic E-state index is -0.309. The van der Waals surface area contributed by atoms with Gasteiger partial charge in [-0.3, -0.25) is 0 Å². The second-order valence-corrected chi connectivity index (χ2v) is 5.08. The molecule has 0 aromatic heterocycles. The fraction of sp³-hybridized carbons (Fsp3) is 0.571. The number of hydrogen-bond donors (Lipinski definition) is 1. The summed E-state index contributed by atoms with van der Waals surface area (Å²) in [6.07, 6.45) is 1.13. The van der Waals surface area contributed by atoms with Gasteiger partial charge in [-0.15, -0.1) is 0 Å². The molecule has 1 saturated heterocycles. The van der Waals surface area contributed by atoms with Crippen LogP contribution in [0.15, 0.2) is 18.2 Å². The van der Waals surface area contributed by atoms with Gasteiger partial charge in [-0.1, -0.05) is 19.9 Å². The van der Waals surface area contributed by atoms with E-state index >= 15 is 0 Å². The van der Waals surface area contributed by atoms with Crippen molar-refractivity contribution in [3.05, 3.63) is 29.6 Å². The van der Waals surface area contributed by atoms with E-state index in [0.29, 0.717) is 11.5 Å². The molecule has 1 N–H and O–H groups in total. The van der Waals surface area contributed by atoms with E-state index in [-0.39, 0.29) is 12.4 Å². The van der Waals surface area contributed by atoms with E-state index in [2.05, 4.69) is 18.7 Å². The van der Waals surface area contributed by atoms with Crippen LogP contribution >= 0.6 is 0 Å². The first-order valence-electron chi connectivity index (χ1n) is 6.26. The van der Waals surface area contributed by atoms with Crippen molar-refractivity contribution >= 4 is 5.69 Å². The monoisotopic (exact) mass is 237 g/mol. The Labute approximate surface area is 102 Å². The van der Waals surface area contributed by atoms with Crippen LogP contribution in [0.4, 0.5) is 10.1 Å². The third-order valence-electron chi connectivity index (χ3n) is 3.93. The van der Waals surface area contributed by atoms with Gasteiger partial charge >= 0.3 is 0 Å². The van der Waals surface area contributed by atoms with Crippen LogP contribution in [-0.4, -0.2) is 18.2 Å². The Morgan fingerprint density at radius 3 is 2.76 bits per heavy atom. The van der Waals surface area contributed by atoms with E-state index < -0.39 is 0 Å². The van der Waals surface area contributed by atoms with Crippen molar-refractivity contribution in [1.29, 1.82) is 0 Å². The number of hydrogen-bond acceptors (Lipinski definition) is 2. The van der Waals surface area contributed by atoms with Gasteiger partial charge in [0.05, 0.1) is 6.61 Å². The van der Waals surface area contributed by atoms with E-state index in [1.54, 1.807) is 6.07 Å². The summed E-state index contributed by atoms with van der Waals surface area (Å²) >= 11 is 0. The average Bonchev–Trinajstić information content (AvgIpc) is 2.32. The second kappa shape index (κ2) is 5.05. The predicted octanol–water partition coefficient (Wildman–Crippen LogP) is 2.80. The van der Waals surface area contributed by atoms with Gasteiger partial charge in [-0.05, 0) is 30.4 Å². The van der Waals surface area contributed by atoms with Crippen LogP contribution in [-0.2, 0) is 6.61 Å². The zero-order valence-electron chi connectivity index (χ0n) is 10.5. The van der Waals surface area contributed by atoms with Crippen LogP contribution in [0.3, 0.4) is 0 Å². The number of rotatable bonds is 2. The molecule has 1 aliphatic rings. The highest BCUT2D eigenvalue weighted by atomic mass is 19.1. The van der Waals surface area contributed by atoms with Crippen molar-refractivity contribution in [2.75, 3.05) is 18.0 Å². The Morgan fingerprint density at radius 2 is 2.12 bits per heavy atom. The predicted molar refractivity (Wildman–Crippen MR) is 67.5 cm³/mol. The number of anilines is 1. The first-order chi connectivity index (χ1) is 8.13. The SMILES string of the molecule is CC1CCN(c2cccc(F)c2CO)CC1C. The molecular weight excluding hydrogens is 217 g/mol. The highest BCUT2D eigenvalue weighted by Crippen LogP contribution is 2.30. The number of nitrogens with zero attached hydrogens (tertiary/aromatic N) is 1. The Bertz CT molecular complexity index is 394. The molecule has 0 radical (unpaired) electrons. The average molecular weight is 237 g/mol. The largest absolute Gasteiger partial charge is 0.391 e. The lowest BCUT2D eigenvalue weighted by Crippen LogP contribution is -2.39. The van der Waals surface area contributed by atoms with Gasteiger partial charge in [-0.25, -0.2) is 4.39 Å². The Kier molecular flexibility index (Phi) is 3.67. The molecule has 1 fully saturated rings. The highest BCUT2D eigenvalue weighted by molar-refractivity contribution is 5.54. The van der Waals surface area contributed by atoms with Gasteiger partial charge in [0.2, 0.25) is 0 Å². The number of piperidine rings is 1. The molecule has 1 aromatic rings. The van der Waals surface area contributed by atoms with Crippen LogP contribution in [0.1, 0.15) is 25.8 Å². The van der Waals surface area contributed by atoms with Crippen molar-refractivity contribution in [3.8, 4) is 0 Å². The van der Waals surface area contributed by atoms with Crippen molar-refractivity contribution in [2.24, 2.45) is 11.8 Å². The summed E-state index contributed by atoms with van der Waals surface area (Å²) in [7, 11) is 0. The zero-order chi connectivity index (χ0) is 12.4. The summed E-state index contributed by atoms with van der Waals surface area (Å²) in [6.45, 7) is 6.15. The molecule has 0 saturated carbocycles. The molecule has 1 aliphatic heterocycles. The lowest BCUT2D eigenvalue weighted by molar-refractivity contribution is 0.274. The quantitative estimate of drug-likeness (QED) is 0.855. The Hall–Kier alpha value is -1.09. The topological polar surface area (TPSA) is 23.5 Å². The molecule has 0 bridgehead atoms. The lowest BCUT2D eigenvalue weighted by atomic mass is 9.88. The summed E-state index contributed by atoms with van der Waals surface area (Å²) in [6, 6.07) is 5.02. The zero-order valence-corrected chi connectivity index (χ0v) is 10.5. The summed E-state index contributed by atoms with van der Waals surface area (Å²) in [5.41, 5.74) is 1.28. The minimum Gasteiger partial charge on any atom is -0.391 e. The molecule has 2 atom stereocenters. The summed E-state index contributed by atoms with van der Waals surface area (Å²) in [5, 5.41) is 9.28. The fourth-order valence-corrected chi connectivity index (χ4v) is 2.48. The van der Waals surface area contributed by atoms with E-state index in [4.69, 9.17) is 0 Å². The van der Waals surface area contributed by atoms with Gasteiger partial charge in [0.15, 0.2) is 0 Å². The fourth-order valence-electron chi connectivity index (χ4n) is 2.48. The number of benzene rings is 1. The molecule has 1 aromatic carbocycles. The van der Waals surface area contributed by atoms with Gasteiger partial charge in [0.1, 0.15) is 5.82 Å². The van der Waals surface area contributed by atoms with Crippen LogP contribution in [0.25, 0.3) is 0 Å². The highest BCUT2D eigenvalue weighted by Gasteiger charge is 2.24. The van der Waals surface area contributed by atoms with E-state index in [1.807, 2.05) is 6.07 Å². The van der Waals surface area contributed by atoms with Crippen molar-refractivity contribution in [1.82, 2.24) is 0 Å². The Balaban J connectivity index is 2.25. The molecular formula is C14H20FNO. The van der Waals surface area contributed by atoms with E-state index in [1.165, 1.54) is 6.07 Å². The van der Waals surface area contributed by atoms with Gasteiger partial charge in [0.25, 0.3) is 0 Å². The third kappa shape index (κ3) is 2.44. The lowest BCUT2D eigenvalue weighted by Gasteiger charge is -2.37. The molecule has 0 aliphatic carbocycles. The standard InChI is InChI=1S/C14H20FNO/c1-10-6-7-16(8-11(10)2)14-5-3-4-13(15)12(14)9-17/h3-5,10-11,17H,6-9H2,1-2H3. The second-order valence-electron chi connectivity index (χ2n) is 5.08. The number of aliphatic hydroxyl groups excluding tert-OH is 1. The van der Waals surface area contributed by atoms with E-state index in [0.717, 1.165) is 31.1 Å². The van der Waals surface area contributed by atoms with Crippen LogP contribution in [0.5, 0.6) is 0 Å². The van der Waals surface area contributed by atoms with Crippen LogP contribution in [0.2, 0.25) is 0 Å². The molecule has 94 valence electrons. The maximum Gasteiger partial charge on any atom is 0.130 e. The first kappa shape index (κ1) is 12.4. The molecule has 1 heterocycles. The van der Waals surface area contributed by atoms with Crippen molar-refractivity contribution < 1.29 is 9.50 Å². The van der Waals surface area contributed by atoms with Crippen molar-refractivity contribution in [2.45, 2.75) is 26.9 Å². The molecule has 17 heavy (non-hydrogen) atoms. The van der Waals surface area contributed by atoms with Crippen LogP contribution in [0, 0.1) is 17.7 Å². The molecule has 3 heteroatoms. The van der Waals surface area contributed by atoms with Gasteiger partial charge < -0.3 is 10.0 Å². The molecule has 2 unspecified atom stereocenters. The summed E-state index contributed by atoms with van der Waals surface area (Å²) in [4.78, 5) is 2.19. The normalized spacial score (nSPS) is 25.1. The van der Waals surface area contributed by atoms with Crippen molar-refractivity contribution in [3.63, 3.8) is 0 Å². The van der Waals surface area contributed by atoms with Gasteiger partial charge in [-0.2, -0.15) is 0 Å². The maximum atomic E-state index is 13.6. The molecule has 2 nitrogen and oxygen atoms in total. The van der Waals surface area contributed by atoms with E-state index in [9.17, 15) is 9.50 Å². The summed E-state index contributed by atoms with van der Waals surface area (Å²) < 4.78 is 13.6. The summed E-state index contributed by atoms with van der Waals surface area (Å²) in [5.74, 6) is 1.02. The smallest absolute Gasteiger partial charge is 0.130 e. The van der Waals surface area contributed by atoms with Crippen LogP contribution < -0.4 is 4.90 Å². The third-order valence-corrected chi connectivity index (χ3v) is 3.93.